The molecule has 0 spiro atoms. The third kappa shape index (κ3) is 4.37. The molecule has 14 heteroatoms. The Hall–Kier alpha value is -3.19. The van der Waals surface area contributed by atoms with Crippen molar-refractivity contribution >= 4 is 47.1 Å². The number of nitrogens with zero attached hydrogens (tertiary/aromatic N) is 4. The second-order valence-electron chi connectivity index (χ2n) is 8.02. The number of alkyl halides is 1. The molecule has 2 aliphatic heterocycles. The van der Waals surface area contributed by atoms with Gasteiger partial charge in [0.25, 0.3) is 0 Å². The van der Waals surface area contributed by atoms with E-state index < -0.39 is 46.6 Å². The Morgan fingerprint density at radius 2 is 2.00 bits per heavy atom. The van der Waals surface area contributed by atoms with E-state index >= 15 is 0 Å². The molecule has 0 saturated carbocycles. The molecule has 2 unspecified atom stereocenters. The van der Waals surface area contributed by atoms with Crippen LogP contribution in [-0.2, 0) is 14.4 Å². The molecule has 1 aromatic heterocycles. The number of imide groups is 1. The predicted molar refractivity (Wildman–Crippen MR) is 118 cm³/mol. The number of thioether (sulfide) groups is 1. The molecular weight excluding hydrogens is 472 g/mol. The van der Waals surface area contributed by atoms with Gasteiger partial charge in [0.05, 0.1) is 0 Å². The van der Waals surface area contributed by atoms with Crippen LogP contribution in [0.5, 0.6) is 0 Å². The molecule has 0 bridgehead atoms. The number of hydrogen-bond donors (Lipinski definition) is 4. The molecule has 33 heavy (non-hydrogen) atoms. The molecule has 5 amide bonds. The molecule has 4 rings (SSSR count). The van der Waals surface area contributed by atoms with Crippen LogP contribution in [0.1, 0.15) is 37.3 Å². The molecule has 2 aliphatic rings. The highest BCUT2D eigenvalue weighted by molar-refractivity contribution is 8.01. The first kappa shape index (κ1) is 23.0. The molecule has 174 valence electrons. The highest BCUT2D eigenvalue weighted by Gasteiger charge is 2.63. The molecule has 2 saturated heterocycles. The van der Waals surface area contributed by atoms with Gasteiger partial charge in [-0.15, -0.1) is 33.6 Å². The lowest BCUT2D eigenvalue weighted by Gasteiger charge is -2.44. The lowest BCUT2D eigenvalue weighted by molar-refractivity contribution is -0.152. The van der Waals surface area contributed by atoms with E-state index in [1.54, 1.807) is 35.2 Å². The minimum Gasteiger partial charge on any atom is -0.340 e. The Morgan fingerprint density at radius 1 is 1.27 bits per heavy atom. The SMILES string of the molecule is CC1(C)S[C@@H]2C(NC(=O)[C@H](NC(=O)NC(=O)CCl)c3ccccc3)C(=O)N2C1c1nn[nH]n1. The fraction of sp³-hybridized carbons (Fsp3) is 0.421. The Balaban J connectivity index is 1.50. The van der Waals surface area contributed by atoms with Crippen LogP contribution in [0.4, 0.5) is 4.79 Å². The molecular formula is C19H21ClN8O4S. The minimum atomic E-state index is -1.14. The number of carbonyl (C=O) groups excluding carboxylic acids is 4. The number of amides is 5. The number of rotatable bonds is 6. The predicted octanol–water partition coefficient (Wildman–Crippen LogP) is 0.225. The van der Waals surface area contributed by atoms with Gasteiger partial charge in [0.1, 0.15) is 29.4 Å². The van der Waals surface area contributed by atoms with E-state index in [1.807, 2.05) is 19.2 Å². The minimum absolute atomic E-state index is 0.283. The maximum Gasteiger partial charge on any atom is 0.322 e. The molecule has 0 radical (unpaired) electrons. The van der Waals surface area contributed by atoms with Crippen LogP contribution in [-0.4, -0.2) is 71.3 Å². The summed E-state index contributed by atoms with van der Waals surface area (Å²) in [4.78, 5) is 51.4. The van der Waals surface area contributed by atoms with Crippen LogP contribution in [0.15, 0.2) is 30.3 Å². The number of H-pyrrole nitrogens is 1. The molecule has 4 atom stereocenters. The van der Waals surface area contributed by atoms with Gasteiger partial charge < -0.3 is 15.5 Å². The Kier molecular flexibility index (Phi) is 6.26. The van der Waals surface area contributed by atoms with E-state index in [9.17, 15) is 19.2 Å². The van der Waals surface area contributed by atoms with E-state index in [0.717, 1.165) is 0 Å². The van der Waals surface area contributed by atoms with E-state index in [0.29, 0.717) is 11.4 Å². The highest BCUT2D eigenvalue weighted by Crippen LogP contribution is 2.56. The summed E-state index contributed by atoms with van der Waals surface area (Å²) in [5, 5.41) is 21.0. The third-order valence-corrected chi connectivity index (χ3v) is 7.20. The monoisotopic (exact) mass is 492 g/mol. The van der Waals surface area contributed by atoms with Crippen LogP contribution in [0.25, 0.3) is 0 Å². The standard InChI is InChI=1S/C19H21ClN8O4S/c1-19(2)13(14-24-26-27-25-14)28-16(31)12(17(28)33-19)22-15(30)11(9-6-4-3-5-7-9)23-18(32)21-10(29)8-20/h3-7,11-13,17H,8H2,1-2H3,(H,22,30)(H2,21,23,29,32)(H,24,25,26,27)/t11-,12?,13?,17-/m1/s1. The lowest BCUT2D eigenvalue weighted by Crippen LogP contribution is -2.68. The van der Waals surface area contributed by atoms with Gasteiger partial charge in [-0.3, -0.25) is 19.7 Å². The summed E-state index contributed by atoms with van der Waals surface area (Å²) >= 11 is 6.94. The summed E-state index contributed by atoms with van der Waals surface area (Å²) in [5.41, 5.74) is 0.483. The van der Waals surface area contributed by atoms with Crippen LogP contribution in [0.2, 0.25) is 0 Å². The molecule has 0 aliphatic carbocycles. The Labute approximate surface area is 197 Å². The second-order valence-corrected chi connectivity index (χ2v) is 10.1. The topological polar surface area (TPSA) is 162 Å². The van der Waals surface area contributed by atoms with Crippen molar-refractivity contribution in [2.45, 2.75) is 42.1 Å². The number of aromatic nitrogens is 4. The zero-order valence-corrected chi connectivity index (χ0v) is 19.2. The lowest BCUT2D eigenvalue weighted by atomic mass is 9.95. The fourth-order valence-corrected chi connectivity index (χ4v) is 5.66. The number of aromatic amines is 1. The van der Waals surface area contributed by atoms with Gasteiger partial charge in [0, 0.05) is 4.75 Å². The van der Waals surface area contributed by atoms with Crippen molar-refractivity contribution in [1.29, 1.82) is 0 Å². The van der Waals surface area contributed by atoms with Crippen molar-refractivity contribution in [3.63, 3.8) is 0 Å². The zero-order chi connectivity index (χ0) is 23.8. The van der Waals surface area contributed by atoms with Gasteiger partial charge >= 0.3 is 6.03 Å². The van der Waals surface area contributed by atoms with Gasteiger partial charge in [0.15, 0.2) is 5.82 Å². The number of urea groups is 1. The largest absolute Gasteiger partial charge is 0.340 e. The van der Waals surface area contributed by atoms with Gasteiger partial charge in [0.2, 0.25) is 17.7 Å². The van der Waals surface area contributed by atoms with E-state index in [1.165, 1.54) is 11.8 Å². The number of nitrogens with one attached hydrogen (secondary N) is 4. The van der Waals surface area contributed by atoms with Crippen molar-refractivity contribution < 1.29 is 19.2 Å². The maximum atomic E-state index is 13.2. The van der Waals surface area contributed by atoms with E-state index in [-0.39, 0.29) is 11.3 Å². The molecule has 12 nitrogen and oxygen atoms in total. The number of fused-ring (bicyclic) bond motifs is 1. The molecule has 3 heterocycles. The second kappa shape index (κ2) is 8.98. The molecule has 2 fully saturated rings. The highest BCUT2D eigenvalue weighted by atomic mass is 35.5. The maximum absolute atomic E-state index is 13.2. The van der Waals surface area contributed by atoms with Crippen LogP contribution < -0.4 is 16.0 Å². The molecule has 4 N–H and O–H groups in total. The molecule has 1 aromatic carbocycles. The number of carbonyl (C=O) groups is 4. The van der Waals surface area contributed by atoms with Gasteiger partial charge in [-0.2, -0.15) is 5.21 Å². The fourth-order valence-electron chi connectivity index (χ4n) is 3.96. The normalized spacial score (nSPS) is 23.8. The average molecular weight is 493 g/mol. The number of hydrogen-bond acceptors (Lipinski definition) is 8. The van der Waals surface area contributed by atoms with Crippen LogP contribution in [0.3, 0.4) is 0 Å². The smallest absolute Gasteiger partial charge is 0.322 e. The first-order valence-electron chi connectivity index (χ1n) is 9.98. The number of tetrazole rings is 1. The van der Waals surface area contributed by atoms with E-state index in [4.69, 9.17) is 11.6 Å². The summed E-state index contributed by atoms with van der Waals surface area (Å²) in [5.74, 6) is -1.58. The first-order valence-corrected chi connectivity index (χ1v) is 11.4. The summed E-state index contributed by atoms with van der Waals surface area (Å²) in [6.07, 6.45) is 0. The van der Waals surface area contributed by atoms with Crippen LogP contribution in [0, 0.1) is 0 Å². The molecule has 2 aromatic rings. The summed E-state index contributed by atoms with van der Waals surface area (Å²) in [6.45, 7) is 3.94. The van der Waals surface area contributed by atoms with Gasteiger partial charge in [-0.05, 0) is 19.4 Å². The van der Waals surface area contributed by atoms with Crippen molar-refractivity contribution in [2.24, 2.45) is 0 Å². The first-order chi connectivity index (χ1) is 15.7. The summed E-state index contributed by atoms with van der Waals surface area (Å²) in [6, 6.07) is 5.29. The third-order valence-electron chi connectivity index (χ3n) is 5.39. The van der Waals surface area contributed by atoms with Crippen molar-refractivity contribution in [1.82, 2.24) is 41.5 Å². The quantitative estimate of drug-likeness (QED) is 0.329. The Morgan fingerprint density at radius 3 is 2.64 bits per heavy atom. The van der Waals surface area contributed by atoms with Crippen molar-refractivity contribution in [3.8, 4) is 0 Å². The number of halogens is 1. The Bertz CT molecular complexity index is 1070. The van der Waals surface area contributed by atoms with Crippen LogP contribution >= 0.6 is 23.4 Å². The summed E-state index contributed by atoms with van der Waals surface area (Å²) < 4.78 is -0.414. The van der Waals surface area contributed by atoms with Gasteiger partial charge in [-0.25, -0.2) is 4.79 Å². The summed E-state index contributed by atoms with van der Waals surface area (Å²) in [7, 11) is 0. The average Bonchev–Trinajstić information content (AvgIpc) is 3.40. The van der Waals surface area contributed by atoms with Crippen molar-refractivity contribution in [3.05, 3.63) is 41.7 Å². The number of β-lactam (4-membered cyclic amide) rings is 1. The van der Waals surface area contributed by atoms with E-state index in [2.05, 4.69) is 31.3 Å². The van der Waals surface area contributed by atoms with Crippen molar-refractivity contribution in [2.75, 3.05) is 5.88 Å². The number of benzene rings is 1. The zero-order valence-electron chi connectivity index (χ0n) is 17.6. The van der Waals surface area contributed by atoms with Gasteiger partial charge in [-0.1, -0.05) is 35.5 Å².